The number of carbonyl (C=O) groups is 2. The first kappa shape index (κ1) is 19.6. The molecule has 1 aromatic rings. The number of benzene rings is 1. The molecule has 1 heterocycles. The molecule has 0 aromatic heterocycles. The van der Waals surface area contributed by atoms with Crippen molar-refractivity contribution in [2.45, 2.75) is 38.5 Å². The predicted octanol–water partition coefficient (Wildman–Crippen LogP) is 2.16. The van der Waals surface area contributed by atoms with Crippen molar-refractivity contribution in [3.8, 4) is 0 Å². The van der Waals surface area contributed by atoms with Gasteiger partial charge in [-0.2, -0.15) is 4.31 Å². The Kier molecular flexibility index (Phi) is 6.35. The van der Waals surface area contributed by atoms with Crippen LogP contribution < -0.4 is 0 Å². The van der Waals surface area contributed by atoms with E-state index in [0.29, 0.717) is 38.0 Å². The van der Waals surface area contributed by atoms with Crippen LogP contribution in [0.2, 0.25) is 0 Å². The zero-order chi connectivity index (χ0) is 18.6. The second-order valence-corrected chi connectivity index (χ2v) is 8.23. The Bertz CT molecular complexity index is 724. The maximum absolute atomic E-state index is 12.9. The van der Waals surface area contributed by atoms with Gasteiger partial charge in [0.1, 0.15) is 0 Å². The van der Waals surface area contributed by atoms with E-state index >= 15 is 0 Å². The normalized spacial score (nSPS) is 18.8. The standard InChI is InChI=1S/C18H26N2O4S/c1-4-19(5-2)18(22)16-7-6-12-20(13-16)25(23,24)17-10-8-15(9-11-17)14(3)21/h8-11,16H,4-7,12-13H2,1-3H3. The van der Waals surface area contributed by atoms with Crippen LogP contribution in [-0.4, -0.2) is 55.5 Å². The van der Waals surface area contributed by atoms with Gasteiger partial charge in [-0.15, -0.1) is 0 Å². The van der Waals surface area contributed by atoms with Gasteiger partial charge in [0, 0.05) is 31.7 Å². The summed E-state index contributed by atoms with van der Waals surface area (Å²) in [5.41, 5.74) is 0.479. The Labute approximate surface area is 149 Å². The first-order chi connectivity index (χ1) is 11.8. The van der Waals surface area contributed by atoms with E-state index in [1.807, 2.05) is 13.8 Å². The minimum absolute atomic E-state index is 0.0248. The topological polar surface area (TPSA) is 74.8 Å². The third kappa shape index (κ3) is 4.27. The minimum atomic E-state index is -3.66. The molecule has 0 radical (unpaired) electrons. The second-order valence-electron chi connectivity index (χ2n) is 6.29. The molecule has 2 rings (SSSR count). The van der Waals surface area contributed by atoms with Gasteiger partial charge >= 0.3 is 0 Å². The second kappa shape index (κ2) is 8.10. The molecule has 1 unspecified atom stereocenters. The molecule has 1 aliphatic heterocycles. The van der Waals surface area contributed by atoms with Crippen molar-refractivity contribution >= 4 is 21.7 Å². The van der Waals surface area contributed by atoms with Crippen LogP contribution in [0.1, 0.15) is 44.0 Å². The van der Waals surface area contributed by atoms with E-state index in [0.717, 1.165) is 0 Å². The average molecular weight is 366 g/mol. The van der Waals surface area contributed by atoms with Crippen LogP contribution in [0.25, 0.3) is 0 Å². The third-order valence-corrected chi connectivity index (χ3v) is 6.59. The molecule has 1 aliphatic rings. The number of ketones is 1. The predicted molar refractivity (Wildman–Crippen MR) is 95.9 cm³/mol. The van der Waals surface area contributed by atoms with E-state index in [4.69, 9.17) is 0 Å². The van der Waals surface area contributed by atoms with Crippen molar-refractivity contribution in [2.24, 2.45) is 5.92 Å². The van der Waals surface area contributed by atoms with E-state index < -0.39 is 10.0 Å². The number of nitrogens with zero attached hydrogens (tertiary/aromatic N) is 2. The summed E-state index contributed by atoms with van der Waals surface area (Å²) < 4.78 is 27.1. The molecule has 0 aliphatic carbocycles. The van der Waals surface area contributed by atoms with Gasteiger partial charge < -0.3 is 4.90 Å². The number of hydrogen-bond acceptors (Lipinski definition) is 4. The Morgan fingerprint density at radius 3 is 2.28 bits per heavy atom. The first-order valence-corrected chi connectivity index (χ1v) is 10.1. The lowest BCUT2D eigenvalue weighted by molar-refractivity contribution is -0.136. The van der Waals surface area contributed by atoms with E-state index in [1.165, 1.54) is 35.5 Å². The summed E-state index contributed by atoms with van der Waals surface area (Å²) in [6.45, 7) is 7.18. The van der Waals surface area contributed by atoms with Gasteiger partial charge in [-0.3, -0.25) is 9.59 Å². The SMILES string of the molecule is CCN(CC)C(=O)C1CCCN(S(=O)(=O)c2ccc(C(C)=O)cc2)C1. The molecule has 1 fully saturated rings. The van der Waals surface area contributed by atoms with Crippen LogP contribution in [0.3, 0.4) is 0 Å². The average Bonchev–Trinajstić information content (AvgIpc) is 2.62. The number of rotatable bonds is 6. The van der Waals surface area contributed by atoms with E-state index in [9.17, 15) is 18.0 Å². The van der Waals surface area contributed by atoms with Crippen LogP contribution in [-0.2, 0) is 14.8 Å². The fourth-order valence-electron chi connectivity index (χ4n) is 3.17. The molecule has 1 atom stereocenters. The largest absolute Gasteiger partial charge is 0.343 e. The van der Waals surface area contributed by atoms with Crippen molar-refractivity contribution in [1.29, 1.82) is 0 Å². The number of Topliss-reactive ketones (excluding diaryl/α,β-unsaturated/α-hetero) is 1. The molecule has 1 amide bonds. The van der Waals surface area contributed by atoms with E-state index in [-0.39, 0.29) is 29.0 Å². The highest BCUT2D eigenvalue weighted by molar-refractivity contribution is 7.89. The van der Waals surface area contributed by atoms with Crippen molar-refractivity contribution in [3.05, 3.63) is 29.8 Å². The molecule has 25 heavy (non-hydrogen) atoms. The maximum Gasteiger partial charge on any atom is 0.243 e. The van der Waals surface area contributed by atoms with Gasteiger partial charge in [-0.25, -0.2) is 8.42 Å². The van der Waals surface area contributed by atoms with Gasteiger partial charge in [0.05, 0.1) is 10.8 Å². The summed E-state index contributed by atoms with van der Waals surface area (Å²) in [6.07, 6.45) is 1.38. The quantitative estimate of drug-likeness (QED) is 0.723. The van der Waals surface area contributed by atoms with Gasteiger partial charge in [0.2, 0.25) is 15.9 Å². The molecule has 7 heteroatoms. The van der Waals surface area contributed by atoms with Crippen LogP contribution in [0.4, 0.5) is 0 Å². The smallest absolute Gasteiger partial charge is 0.243 e. The number of carbonyl (C=O) groups excluding carboxylic acids is 2. The zero-order valence-electron chi connectivity index (χ0n) is 15.1. The molecule has 1 aromatic carbocycles. The van der Waals surface area contributed by atoms with Crippen molar-refractivity contribution < 1.29 is 18.0 Å². The third-order valence-electron chi connectivity index (χ3n) is 4.71. The summed E-state index contributed by atoms with van der Waals surface area (Å²) >= 11 is 0. The first-order valence-electron chi connectivity index (χ1n) is 8.71. The Hall–Kier alpha value is -1.73. The van der Waals surface area contributed by atoms with Gasteiger partial charge in [-0.1, -0.05) is 12.1 Å². The summed E-state index contributed by atoms with van der Waals surface area (Å²) in [7, 11) is -3.66. The van der Waals surface area contributed by atoms with Crippen LogP contribution in [0.5, 0.6) is 0 Å². The van der Waals surface area contributed by atoms with Crippen LogP contribution >= 0.6 is 0 Å². The lowest BCUT2D eigenvalue weighted by Crippen LogP contribution is -2.46. The van der Waals surface area contributed by atoms with E-state index in [1.54, 1.807) is 4.90 Å². The zero-order valence-corrected chi connectivity index (χ0v) is 15.9. The van der Waals surface area contributed by atoms with E-state index in [2.05, 4.69) is 0 Å². The molecule has 0 spiro atoms. The number of sulfonamides is 1. The molecule has 0 N–H and O–H groups in total. The Balaban J connectivity index is 2.18. The lowest BCUT2D eigenvalue weighted by Gasteiger charge is -2.33. The summed E-state index contributed by atoms with van der Waals surface area (Å²) in [4.78, 5) is 25.8. The number of piperidine rings is 1. The van der Waals surface area contributed by atoms with Crippen molar-refractivity contribution in [1.82, 2.24) is 9.21 Å². The summed E-state index contributed by atoms with van der Waals surface area (Å²) in [5, 5.41) is 0. The van der Waals surface area contributed by atoms with Gasteiger partial charge in [0.25, 0.3) is 0 Å². The van der Waals surface area contributed by atoms with Crippen molar-refractivity contribution in [3.63, 3.8) is 0 Å². The molecule has 6 nitrogen and oxygen atoms in total. The fraction of sp³-hybridized carbons (Fsp3) is 0.556. The molecule has 138 valence electrons. The van der Waals surface area contributed by atoms with Crippen LogP contribution in [0, 0.1) is 5.92 Å². The molecule has 0 saturated carbocycles. The van der Waals surface area contributed by atoms with Crippen LogP contribution in [0.15, 0.2) is 29.2 Å². The number of amides is 1. The van der Waals surface area contributed by atoms with Crippen molar-refractivity contribution in [2.75, 3.05) is 26.2 Å². The fourth-order valence-corrected chi connectivity index (χ4v) is 4.69. The molecular formula is C18H26N2O4S. The van der Waals surface area contributed by atoms with Gasteiger partial charge in [0.15, 0.2) is 5.78 Å². The molecule has 0 bridgehead atoms. The highest BCUT2D eigenvalue weighted by atomic mass is 32.2. The maximum atomic E-state index is 12.9. The summed E-state index contributed by atoms with van der Waals surface area (Å²) in [5.74, 6) is -0.372. The Morgan fingerprint density at radius 1 is 1.16 bits per heavy atom. The highest BCUT2D eigenvalue weighted by Crippen LogP contribution is 2.25. The summed E-state index contributed by atoms with van der Waals surface area (Å²) in [6, 6.07) is 5.97. The number of hydrogen-bond donors (Lipinski definition) is 0. The minimum Gasteiger partial charge on any atom is -0.343 e. The Morgan fingerprint density at radius 2 is 1.76 bits per heavy atom. The monoisotopic (exact) mass is 366 g/mol. The molecule has 1 saturated heterocycles. The van der Waals surface area contributed by atoms with Gasteiger partial charge in [-0.05, 0) is 45.7 Å². The lowest BCUT2D eigenvalue weighted by atomic mass is 9.98. The molecular weight excluding hydrogens is 340 g/mol. The highest BCUT2D eigenvalue weighted by Gasteiger charge is 2.34.